The Morgan fingerprint density at radius 1 is 1.22 bits per heavy atom. The summed E-state index contributed by atoms with van der Waals surface area (Å²) in [6.45, 7) is 4.03. The fraction of sp³-hybridized carbons (Fsp3) is 0.231. The molecular weight excluding hydrogens is 226 g/mol. The number of imidazole rings is 1. The van der Waals surface area contributed by atoms with Crippen molar-refractivity contribution in [2.75, 3.05) is 5.73 Å². The molecular formula is C13H15N5. The van der Waals surface area contributed by atoms with Gasteiger partial charge in [-0.2, -0.15) is 5.10 Å². The Bertz CT molecular complexity index is 735. The number of aromatic nitrogens is 4. The zero-order chi connectivity index (χ0) is 12.9. The van der Waals surface area contributed by atoms with Gasteiger partial charge in [0.2, 0.25) is 0 Å². The molecule has 0 aliphatic heterocycles. The van der Waals surface area contributed by atoms with Crippen LogP contribution < -0.4 is 5.73 Å². The first-order valence-electron chi connectivity index (χ1n) is 5.82. The Balaban J connectivity index is 2.34. The molecule has 92 valence electrons. The van der Waals surface area contributed by atoms with Crippen molar-refractivity contribution < 1.29 is 0 Å². The lowest BCUT2D eigenvalue weighted by Gasteiger charge is -2.01. The molecule has 3 aromatic heterocycles. The number of fused-ring (bicyclic) bond motifs is 1. The summed E-state index contributed by atoms with van der Waals surface area (Å²) in [5.74, 6) is 0.666. The first-order valence-corrected chi connectivity index (χ1v) is 5.82. The molecule has 0 fully saturated rings. The summed E-state index contributed by atoms with van der Waals surface area (Å²) in [7, 11) is 1.91. The van der Waals surface area contributed by atoms with Crippen LogP contribution in [0.5, 0.6) is 0 Å². The Labute approximate surface area is 105 Å². The zero-order valence-corrected chi connectivity index (χ0v) is 10.7. The highest BCUT2D eigenvalue weighted by Gasteiger charge is 2.16. The summed E-state index contributed by atoms with van der Waals surface area (Å²) in [5.41, 5.74) is 11.0. The topological polar surface area (TPSA) is 61.1 Å². The monoisotopic (exact) mass is 241 g/mol. The second-order valence-corrected chi connectivity index (χ2v) is 4.47. The third-order valence-corrected chi connectivity index (χ3v) is 3.36. The molecule has 0 aliphatic carbocycles. The number of rotatable bonds is 1. The van der Waals surface area contributed by atoms with Crippen molar-refractivity contribution in [1.82, 2.24) is 19.2 Å². The van der Waals surface area contributed by atoms with E-state index >= 15 is 0 Å². The van der Waals surface area contributed by atoms with Gasteiger partial charge in [0, 0.05) is 24.0 Å². The van der Waals surface area contributed by atoms with E-state index in [4.69, 9.17) is 5.73 Å². The predicted molar refractivity (Wildman–Crippen MR) is 71.3 cm³/mol. The third-order valence-electron chi connectivity index (χ3n) is 3.36. The van der Waals surface area contributed by atoms with Gasteiger partial charge in [0.15, 0.2) is 0 Å². The molecule has 0 atom stereocenters. The second-order valence-electron chi connectivity index (χ2n) is 4.47. The Morgan fingerprint density at radius 3 is 2.61 bits per heavy atom. The minimum absolute atomic E-state index is 0.666. The van der Waals surface area contributed by atoms with Crippen LogP contribution in [-0.2, 0) is 7.05 Å². The molecule has 0 unspecified atom stereocenters. The van der Waals surface area contributed by atoms with Crippen LogP contribution in [0.1, 0.15) is 11.4 Å². The van der Waals surface area contributed by atoms with Crippen molar-refractivity contribution in [3.8, 4) is 11.3 Å². The molecule has 0 aliphatic rings. The number of pyridine rings is 1. The molecule has 3 heterocycles. The predicted octanol–water partition coefficient (Wildman–Crippen LogP) is 1.93. The lowest BCUT2D eigenvalue weighted by Crippen LogP contribution is -1.98. The number of nitrogens with two attached hydrogens (primary N) is 1. The standard InChI is InChI=1S/C13H15N5/c1-8-5-4-6-11-16-12(13(14)18(8)11)10-7-15-17(3)9(10)2/h4-7H,14H2,1-3H3. The van der Waals surface area contributed by atoms with E-state index in [1.165, 1.54) is 0 Å². The number of nitrogen functional groups attached to an aromatic ring is 1. The van der Waals surface area contributed by atoms with Gasteiger partial charge in [-0.25, -0.2) is 4.98 Å². The average molecular weight is 241 g/mol. The maximum absolute atomic E-state index is 6.21. The highest BCUT2D eigenvalue weighted by Crippen LogP contribution is 2.29. The van der Waals surface area contributed by atoms with E-state index in [1.54, 1.807) is 0 Å². The molecule has 0 saturated carbocycles. The van der Waals surface area contributed by atoms with Crippen LogP contribution in [-0.4, -0.2) is 19.2 Å². The molecule has 2 N–H and O–H groups in total. The summed E-state index contributed by atoms with van der Waals surface area (Å²) in [6.07, 6.45) is 1.81. The number of hydrogen-bond acceptors (Lipinski definition) is 3. The van der Waals surface area contributed by atoms with Crippen molar-refractivity contribution in [3.05, 3.63) is 35.8 Å². The molecule has 18 heavy (non-hydrogen) atoms. The van der Waals surface area contributed by atoms with E-state index in [-0.39, 0.29) is 0 Å². The lowest BCUT2D eigenvalue weighted by molar-refractivity contribution is 0.740. The maximum Gasteiger partial charge on any atom is 0.139 e. The van der Waals surface area contributed by atoms with Crippen molar-refractivity contribution in [2.24, 2.45) is 7.05 Å². The Hall–Kier alpha value is -2.30. The summed E-state index contributed by atoms with van der Waals surface area (Å²) in [4.78, 5) is 4.60. The van der Waals surface area contributed by atoms with Crippen molar-refractivity contribution in [3.63, 3.8) is 0 Å². The molecule has 0 radical (unpaired) electrons. The van der Waals surface area contributed by atoms with E-state index in [2.05, 4.69) is 10.1 Å². The second kappa shape index (κ2) is 3.60. The number of anilines is 1. The molecule has 0 spiro atoms. The van der Waals surface area contributed by atoms with Gasteiger partial charge in [-0.1, -0.05) is 6.07 Å². The lowest BCUT2D eigenvalue weighted by atomic mass is 10.2. The summed E-state index contributed by atoms with van der Waals surface area (Å²) in [5, 5.41) is 4.24. The molecule has 5 heteroatoms. The van der Waals surface area contributed by atoms with Gasteiger partial charge in [0.05, 0.1) is 6.20 Å². The van der Waals surface area contributed by atoms with E-state index in [0.717, 1.165) is 28.3 Å². The Morgan fingerprint density at radius 2 is 2.00 bits per heavy atom. The van der Waals surface area contributed by atoms with Crippen LogP contribution in [0.3, 0.4) is 0 Å². The minimum Gasteiger partial charge on any atom is -0.383 e. The fourth-order valence-electron chi connectivity index (χ4n) is 2.21. The van der Waals surface area contributed by atoms with E-state index < -0.39 is 0 Å². The van der Waals surface area contributed by atoms with Crippen LogP contribution in [0.4, 0.5) is 5.82 Å². The zero-order valence-electron chi connectivity index (χ0n) is 10.7. The van der Waals surface area contributed by atoms with Gasteiger partial charge in [-0.15, -0.1) is 0 Å². The maximum atomic E-state index is 6.21. The molecule has 5 nitrogen and oxygen atoms in total. The van der Waals surface area contributed by atoms with Crippen LogP contribution >= 0.6 is 0 Å². The van der Waals surface area contributed by atoms with Gasteiger partial charge in [0.25, 0.3) is 0 Å². The van der Waals surface area contributed by atoms with E-state index in [0.29, 0.717) is 5.82 Å². The molecule has 0 amide bonds. The molecule has 3 rings (SSSR count). The number of nitrogens with zero attached hydrogens (tertiary/aromatic N) is 4. The van der Waals surface area contributed by atoms with Gasteiger partial charge in [0.1, 0.15) is 17.2 Å². The molecule has 0 bridgehead atoms. The van der Waals surface area contributed by atoms with Crippen molar-refractivity contribution in [2.45, 2.75) is 13.8 Å². The highest BCUT2D eigenvalue weighted by atomic mass is 15.3. The fourth-order valence-corrected chi connectivity index (χ4v) is 2.21. The minimum atomic E-state index is 0.666. The quantitative estimate of drug-likeness (QED) is 0.708. The highest BCUT2D eigenvalue weighted by molar-refractivity contribution is 5.76. The van der Waals surface area contributed by atoms with Crippen LogP contribution in [0.15, 0.2) is 24.4 Å². The van der Waals surface area contributed by atoms with Crippen LogP contribution in [0, 0.1) is 13.8 Å². The van der Waals surface area contributed by atoms with Gasteiger partial charge in [-0.05, 0) is 26.0 Å². The van der Waals surface area contributed by atoms with Gasteiger partial charge in [-0.3, -0.25) is 9.08 Å². The third kappa shape index (κ3) is 1.33. The van der Waals surface area contributed by atoms with Crippen LogP contribution in [0.25, 0.3) is 16.9 Å². The first-order chi connectivity index (χ1) is 8.59. The van der Waals surface area contributed by atoms with E-state index in [9.17, 15) is 0 Å². The van der Waals surface area contributed by atoms with Crippen LogP contribution in [0.2, 0.25) is 0 Å². The number of hydrogen-bond donors (Lipinski definition) is 1. The summed E-state index contributed by atoms with van der Waals surface area (Å²) >= 11 is 0. The van der Waals surface area contributed by atoms with Gasteiger partial charge < -0.3 is 5.73 Å². The SMILES string of the molecule is Cc1c(-c2nc3cccc(C)n3c2N)cnn1C. The van der Waals surface area contributed by atoms with Crippen molar-refractivity contribution >= 4 is 11.5 Å². The average Bonchev–Trinajstić information content (AvgIpc) is 2.83. The van der Waals surface area contributed by atoms with Gasteiger partial charge >= 0.3 is 0 Å². The summed E-state index contributed by atoms with van der Waals surface area (Å²) < 4.78 is 3.79. The van der Waals surface area contributed by atoms with E-state index in [1.807, 2.05) is 54.4 Å². The summed E-state index contributed by atoms with van der Waals surface area (Å²) in [6, 6.07) is 5.96. The normalized spacial score (nSPS) is 11.3. The number of aryl methyl sites for hydroxylation is 2. The Kier molecular flexibility index (Phi) is 2.16. The van der Waals surface area contributed by atoms with Crippen molar-refractivity contribution in [1.29, 1.82) is 0 Å². The smallest absolute Gasteiger partial charge is 0.139 e. The molecule has 0 saturated heterocycles. The molecule has 0 aromatic carbocycles. The largest absolute Gasteiger partial charge is 0.383 e. The first kappa shape index (κ1) is 10.8. The molecule has 3 aromatic rings.